The van der Waals surface area contributed by atoms with Gasteiger partial charge >= 0.3 is 0 Å². The van der Waals surface area contributed by atoms with Crippen molar-refractivity contribution in [1.82, 2.24) is 4.57 Å². The lowest BCUT2D eigenvalue weighted by atomic mass is 9.97. The normalized spacial score (nSPS) is 11.8. The van der Waals surface area contributed by atoms with Crippen LogP contribution in [0.5, 0.6) is 0 Å². The van der Waals surface area contributed by atoms with Gasteiger partial charge in [-0.15, -0.1) is 0 Å². The van der Waals surface area contributed by atoms with Crippen LogP contribution in [0.4, 0.5) is 17.1 Å². The van der Waals surface area contributed by atoms with E-state index in [0.29, 0.717) is 6.04 Å². The highest BCUT2D eigenvalue weighted by atomic mass is 16.3. The zero-order valence-corrected chi connectivity index (χ0v) is 31.0. The maximum Gasteiger partial charge on any atom is 0.135 e. The second-order valence-electron chi connectivity index (χ2n) is 14.5. The number of hydrogen-bond acceptors (Lipinski definition) is 2. The summed E-state index contributed by atoms with van der Waals surface area (Å²) in [6.07, 6.45) is 0. The molecule has 268 valence electrons. The van der Waals surface area contributed by atoms with Gasteiger partial charge in [-0.3, -0.25) is 0 Å². The van der Waals surface area contributed by atoms with Crippen LogP contribution in [0.15, 0.2) is 223 Å². The van der Waals surface area contributed by atoms with E-state index >= 15 is 0 Å². The lowest BCUT2D eigenvalue weighted by molar-refractivity contribution is 0.669. The summed E-state index contributed by atoms with van der Waals surface area (Å²) in [6.45, 7) is 0. The fraction of sp³-hybridized carbons (Fsp3) is 0. The summed E-state index contributed by atoms with van der Waals surface area (Å²) in [7, 11) is 0. The van der Waals surface area contributed by atoms with Crippen molar-refractivity contribution in [2.75, 3.05) is 4.90 Å². The Morgan fingerprint density at radius 1 is 0.368 bits per heavy atom. The van der Waals surface area contributed by atoms with Gasteiger partial charge in [0.1, 0.15) is 11.2 Å². The number of furan rings is 1. The highest BCUT2D eigenvalue weighted by Crippen LogP contribution is 2.41. The summed E-state index contributed by atoms with van der Waals surface area (Å²) in [5.41, 5.74) is 15.3. The molecule has 3 nitrogen and oxygen atoms in total. The Bertz CT molecular complexity index is 3230. The largest absolute Gasteiger partial charge is 0.456 e. The zero-order valence-electron chi connectivity index (χ0n) is 32.0. The first-order valence-electron chi connectivity index (χ1n) is 19.8. The molecule has 0 aliphatic rings. The van der Waals surface area contributed by atoms with E-state index in [1.54, 1.807) is 0 Å². The Morgan fingerprint density at radius 3 is 1.61 bits per heavy atom. The molecule has 2 heterocycles. The molecule has 0 bridgehead atoms. The highest BCUT2D eigenvalue weighted by Gasteiger charge is 2.18. The number of para-hydroxylation sites is 4. The Kier molecular flexibility index (Phi) is 7.56. The molecule has 0 unspecified atom stereocenters. The van der Waals surface area contributed by atoms with Gasteiger partial charge in [0.15, 0.2) is 0 Å². The molecule has 0 N–H and O–H groups in total. The molecule has 9 aromatic carbocycles. The second-order valence-corrected chi connectivity index (χ2v) is 14.5. The van der Waals surface area contributed by atoms with E-state index in [1.165, 1.54) is 32.9 Å². The van der Waals surface area contributed by atoms with E-state index in [4.69, 9.17) is 5.79 Å². The van der Waals surface area contributed by atoms with Gasteiger partial charge in [0, 0.05) is 44.2 Å². The molecule has 11 aromatic rings. The Morgan fingerprint density at radius 2 is 0.895 bits per heavy atom. The fourth-order valence-electron chi connectivity index (χ4n) is 8.45. The topological polar surface area (TPSA) is 21.3 Å². The van der Waals surface area contributed by atoms with E-state index in [9.17, 15) is 0 Å². The first-order chi connectivity index (χ1) is 28.7. The summed E-state index contributed by atoms with van der Waals surface area (Å²) >= 11 is 0. The van der Waals surface area contributed by atoms with Crippen LogP contribution in [-0.2, 0) is 0 Å². The summed E-state index contributed by atoms with van der Waals surface area (Å²) in [5.74, 6) is 0. The monoisotopic (exact) mass is 729 g/mol. The van der Waals surface area contributed by atoms with Crippen LogP contribution in [-0.4, -0.2) is 4.57 Å². The molecule has 0 fully saturated rings. The van der Waals surface area contributed by atoms with Crippen molar-refractivity contribution in [1.29, 1.82) is 0 Å². The van der Waals surface area contributed by atoms with Crippen LogP contribution in [0.3, 0.4) is 0 Å². The molecule has 2 aromatic heterocycles. The van der Waals surface area contributed by atoms with E-state index in [0.717, 1.165) is 66.9 Å². The number of hydrogen-bond donors (Lipinski definition) is 0. The van der Waals surface area contributed by atoms with E-state index in [1.807, 2.05) is 36.4 Å². The maximum absolute atomic E-state index is 7.92. The number of benzene rings is 9. The molecule has 57 heavy (non-hydrogen) atoms. The van der Waals surface area contributed by atoms with Crippen molar-refractivity contribution in [3.63, 3.8) is 0 Å². The first-order valence-corrected chi connectivity index (χ1v) is 19.3. The van der Waals surface area contributed by atoms with Crippen LogP contribution < -0.4 is 4.90 Å². The van der Waals surface area contributed by atoms with Crippen molar-refractivity contribution >= 4 is 60.8 Å². The zero-order chi connectivity index (χ0) is 38.6. The molecule has 11 rings (SSSR count). The molecular formula is C54H36N2O. The predicted octanol–water partition coefficient (Wildman–Crippen LogP) is 15.2. The summed E-state index contributed by atoms with van der Waals surface area (Å²) in [5, 5.41) is 4.69. The SMILES string of the molecule is [2H]c1ccc(-c2ccc(N(c3ccc(-c4cccc(-c5ccccc5-n5c6ccccc6c6ccccc65)c4)cc3)c3ccc4oc5ccccc5c4c3)cc2)cc1. The smallest absolute Gasteiger partial charge is 0.135 e. The number of fused-ring (bicyclic) bond motifs is 6. The van der Waals surface area contributed by atoms with Gasteiger partial charge in [0.2, 0.25) is 0 Å². The minimum atomic E-state index is 0.507. The van der Waals surface area contributed by atoms with Crippen molar-refractivity contribution in [3.05, 3.63) is 218 Å². The first kappa shape index (κ1) is 31.7. The molecule has 0 saturated carbocycles. The van der Waals surface area contributed by atoms with Gasteiger partial charge in [-0.05, 0) is 101 Å². The quantitative estimate of drug-likeness (QED) is 0.163. The molecule has 0 radical (unpaired) electrons. The van der Waals surface area contributed by atoms with Crippen LogP contribution >= 0.6 is 0 Å². The molecule has 0 saturated heterocycles. The van der Waals surface area contributed by atoms with Gasteiger partial charge < -0.3 is 13.9 Å². The van der Waals surface area contributed by atoms with Crippen LogP contribution in [0.2, 0.25) is 0 Å². The van der Waals surface area contributed by atoms with Gasteiger partial charge in [-0.1, -0.05) is 146 Å². The second kappa shape index (κ2) is 13.6. The summed E-state index contributed by atoms with van der Waals surface area (Å²) in [6, 6.07) is 75.4. The van der Waals surface area contributed by atoms with Gasteiger partial charge in [0.25, 0.3) is 0 Å². The van der Waals surface area contributed by atoms with Crippen molar-refractivity contribution in [2.45, 2.75) is 0 Å². The van der Waals surface area contributed by atoms with E-state index in [2.05, 4.69) is 185 Å². The minimum absolute atomic E-state index is 0.507. The van der Waals surface area contributed by atoms with Crippen molar-refractivity contribution in [2.24, 2.45) is 0 Å². The molecule has 0 amide bonds. The van der Waals surface area contributed by atoms with E-state index in [-0.39, 0.29) is 0 Å². The van der Waals surface area contributed by atoms with E-state index < -0.39 is 0 Å². The van der Waals surface area contributed by atoms with Crippen molar-refractivity contribution < 1.29 is 5.79 Å². The lowest BCUT2D eigenvalue weighted by Gasteiger charge is -2.26. The lowest BCUT2D eigenvalue weighted by Crippen LogP contribution is -2.09. The molecule has 0 spiro atoms. The molecular weight excluding hydrogens is 693 g/mol. The Hall–Kier alpha value is -7.62. The van der Waals surface area contributed by atoms with Crippen LogP contribution in [0, 0.1) is 0 Å². The number of rotatable bonds is 7. The van der Waals surface area contributed by atoms with Gasteiger partial charge in [-0.25, -0.2) is 0 Å². The predicted molar refractivity (Wildman–Crippen MR) is 239 cm³/mol. The third-order valence-electron chi connectivity index (χ3n) is 11.2. The van der Waals surface area contributed by atoms with Gasteiger partial charge in [0.05, 0.1) is 18.1 Å². The van der Waals surface area contributed by atoms with Crippen molar-refractivity contribution in [3.8, 4) is 39.1 Å². The molecule has 0 atom stereocenters. The molecule has 0 aliphatic carbocycles. The van der Waals surface area contributed by atoms with Crippen LogP contribution in [0.1, 0.15) is 1.37 Å². The Balaban J connectivity index is 0.985. The third-order valence-corrected chi connectivity index (χ3v) is 11.2. The summed E-state index contributed by atoms with van der Waals surface area (Å²) in [4.78, 5) is 2.31. The van der Waals surface area contributed by atoms with Gasteiger partial charge in [-0.2, -0.15) is 0 Å². The average Bonchev–Trinajstić information content (AvgIpc) is 3.83. The maximum atomic E-state index is 7.92. The fourth-order valence-corrected chi connectivity index (χ4v) is 8.45. The highest BCUT2D eigenvalue weighted by molar-refractivity contribution is 6.10. The number of anilines is 3. The number of aromatic nitrogens is 1. The molecule has 3 heteroatoms. The average molecular weight is 730 g/mol. The Labute approximate surface area is 332 Å². The third kappa shape index (κ3) is 5.68. The molecule has 0 aliphatic heterocycles. The number of nitrogens with zero attached hydrogens (tertiary/aromatic N) is 2. The minimum Gasteiger partial charge on any atom is -0.456 e. The standard InChI is InChI=1S/C54H36N2O/c1-2-13-37(14-3-1)38-25-29-42(30-26-38)55(44-33-34-54-49(36-44)48-20-7-11-24-53(48)57-54)43-31-27-39(28-32-43)40-15-12-16-41(35-40)45-17-4-8-21-50(45)56-51-22-9-5-18-46(51)47-19-6-10-23-52(47)56/h1-36H/i1D. The summed E-state index contributed by atoms with van der Waals surface area (Å²) < 4.78 is 16.5. The van der Waals surface area contributed by atoms with Crippen LogP contribution in [0.25, 0.3) is 82.8 Å².